The minimum absolute atomic E-state index is 0.236. The summed E-state index contributed by atoms with van der Waals surface area (Å²) in [5, 5.41) is 3.06. The van der Waals surface area contributed by atoms with Crippen molar-refractivity contribution in [3.05, 3.63) is 89.0 Å². The Kier molecular flexibility index (Phi) is 10.8. The molecule has 0 aromatic heterocycles. The highest BCUT2D eigenvalue weighted by Crippen LogP contribution is 2.25. The molecular formula is C32H40N2O4. The van der Waals surface area contributed by atoms with Gasteiger partial charge < -0.3 is 19.7 Å². The molecule has 3 aromatic carbocycles. The summed E-state index contributed by atoms with van der Waals surface area (Å²) in [5.41, 5.74) is 5.89. The molecule has 3 aromatic rings. The van der Waals surface area contributed by atoms with Crippen molar-refractivity contribution in [1.29, 1.82) is 0 Å². The zero-order valence-corrected chi connectivity index (χ0v) is 23.3. The lowest BCUT2D eigenvalue weighted by Gasteiger charge is -2.22. The molecule has 0 bridgehead atoms. The maximum atomic E-state index is 13.2. The van der Waals surface area contributed by atoms with E-state index in [2.05, 4.69) is 61.4 Å². The van der Waals surface area contributed by atoms with Crippen molar-refractivity contribution in [2.75, 3.05) is 30.5 Å². The second-order valence-corrected chi connectivity index (χ2v) is 9.92. The van der Waals surface area contributed by atoms with Crippen LogP contribution in [-0.4, -0.2) is 32.1 Å². The largest absolute Gasteiger partial charge is 0.493 e. The van der Waals surface area contributed by atoms with E-state index in [4.69, 9.17) is 9.47 Å². The van der Waals surface area contributed by atoms with Gasteiger partial charge in [-0.05, 0) is 79.6 Å². The van der Waals surface area contributed by atoms with Crippen LogP contribution in [0.5, 0.6) is 5.75 Å². The van der Waals surface area contributed by atoms with Crippen LogP contribution >= 0.6 is 0 Å². The molecular weight excluding hydrogens is 476 g/mol. The fraction of sp³-hybridized carbons (Fsp3) is 0.375. The van der Waals surface area contributed by atoms with Gasteiger partial charge in [0.2, 0.25) is 0 Å². The zero-order valence-electron chi connectivity index (χ0n) is 23.3. The van der Waals surface area contributed by atoms with E-state index < -0.39 is 0 Å². The molecule has 0 saturated carbocycles. The van der Waals surface area contributed by atoms with Crippen LogP contribution in [0.2, 0.25) is 0 Å². The SMILES string of the molecule is CCOC(=O)CCCOc1ccccc1C(=O)Nc1cccc(CN(C)c2ccc(CC(C)C)cc2)c1C. The number of esters is 1. The molecule has 0 saturated heterocycles. The normalized spacial score (nSPS) is 10.8. The van der Waals surface area contributed by atoms with Crippen LogP contribution in [0.1, 0.15) is 60.7 Å². The molecule has 0 unspecified atom stereocenters. The van der Waals surface area contributed by atoms with E-state index in [1.54, 1.807) is 19.1 Å². The lowest BCUT2D eigenvalue weighted by molar-refractivity contribution is -0.143. The van der Waals surface area contributed by atoms with Crippen molar-refractivity contribution < 1.29 is 19.1 Å². The smallest absolute Gasteiger partial charge is 0.305 e. The summed E-state index contributed by atoms with van der Waals surface area (Å²) in [7, 11) is 2.08. The monoisotopic (exact) mass is 516 g/mol. The first-order valence-electron chi connectivity index (χ1n) is 13.4. The van der Waals surface area contributed by atoms with Crippen molar-refractivity contribution in [2.45, 2.75) is 53.5 Å². The van der Waals surface area contributed by atoms with Crippen molar-refractivity contribution in [3.8, 4) is 5.75 Å². The Morgan fingerprint density at radius 2 is 1.71 bits per heavy atom. The van der Waals surface area contributed by atoms with E-state index in [0.717, 1.165) is 35.5 Å². The average Bonchev–Trinajstić information content (AvgIpc) is 2.89. The zero-order chi connectivity index (χ0) is 27.5. The highest BCUT2D eigenvalue weighted by molar-refractivity contribution is 6.06. The van der Waals surface area contributed by atoms with Gasteiger partial charge in [-0.15, -0.1) is 0 Å². The molecule has 0 fully saturated rings. The first kappa shape index (κ1) is 28.8. The number of hydrogen-bond acceptors (Lipinski definition) is 5. The molecule has 3 rings (SSSR count). The minimum Gasteiger partial charge on any atom is -0.493 e. The maximum Gasteiger partial charge on any atom is 0.305 e. The molecule has 1 amide bonds. The second-order valence-electron chi connectivity index (χ2n) is 9.92. The second kappa shape index (κ2) is 14.2. The number of carbonyl (C=O) groups excluding carboxylic acids is 2. The summed E-state index contributed by atoms with van der Waals surface area (Å²) in [6.07, 6.45) is 1.88. The van der Waals surface area contributed by atoms with Crippen LogP contribution in [0.25, 0.3) is 0 Å². The van der Waals surface area contributed by atoms with Crippen LogP contribution in [-0.2, 0) is 22.5 Å². The molecule has 1 N–H and O–H groups in total. The van der Waals surface area contributed by atoms with Gasteiger partial charge in [0, 0.05) is 31.4 Å². The molecule has 6 nitrogen and oxygen atoms in total. The Bertz CT molecular complexity index is 1200. The summed E-state index contributed by atoms with van der Waals surface area (Å²) in [4.78, 5) is 27.0. The predicted molar refractivity (Wildman–Crippen MR) is 154 cm³/mol. The number of amides is 1. The first-order valence-corrected chi connectivity index (χ1v) is 13.4. The fourth-order valence-corrected chi connectivity index (χ4v) is 4.30. The molecule has 0 aliphatic heterocycles. The number of para-hydroxylation sites is 1. The highest BCUT2D eigenvalue weighted by atomic mass is 16.5. The molecule has 0 aliphatic rings. The van der Waals surface area contributed by atoms with Crippen molar-refractivity contribution >= 4 is 23.3 Å². The Balaban J connectivity index is 1.64. The molecule has 0 atom stereocenters. The van der Waals surface area contributed by atoms with Gasteiger partial charge in [-0.3, -0.25) is 9.59 Å². The van der Waals surface area contributed by atoms with Gasteiger partial charge in [0.15, 0.2) is 0 Å². The van der Waals surface area contributed by atoms with Crippen molar-refractivity contribution in [2.24, 2.45) is 5.92 Å². The van der Waals surface area contributed by atoms with E-state index in [0.29, 0.717) is 36.9 Å². The Hall–Kier alpha value is -3.80. The van der Waals surface area contributed by atoms with E-state index in [-0.39, 0.29) is 18.3 Å². The standard InChI is InChI=1S/C32H40N2O4/c1-6-37-31(35)15-10-20-38-30-14-8-7-12-28(30)32(36)33-29-13-9-11-26(24(29)4)22-34(5)27-18-16-25(17-19-27)21-23(2)3/h7-9,11-14,16-19,23H,6,10,15,20-22H2,1-5H3,(H,33,36). The minimum atomic E-state index is -0.244. The topological polar surface area (TPSA) is 67.9 Å². The van der Waals surface area contributed by atoms with Gasteiger partial charge in [0.1, 0.15) is 5.75 Å². The van der Waals surface area contributed by atoms with Gasteiger partial charge in [-0.1, -0.05) is 50.2 Å². The number of rotatable bonds is 13. The van der Waals surface area contributed by atoms with Crippen molar-refractivity contribution in [1.82, 2.24) is 0 Å². The van der Waals surface area contributed by atoms with E-state index in [1.165, 1.54) is 5.56 Å². The third-order valence-electron chi connectivity index (χ3n) is 6.34. The summed E-state index contributed by atoms with van der Waals surface area (Å²) in [6.45, 7) is 9.68. The van der Waals surface area contributed by atoms with Crippen LogP contribution in [0, 0.1) is 12.8 Å². The Labute approximate surface area is 227 Å². The Morgan fingerprint density at radius 1 is 0.974 bits per heavy atom. The molecule has 0 spiro atoms. The fourth-order valence-electron chi connectivity index (χ4n) is 4.30. The van der Waals surface area contributed by atoms with Crippen LogP contribution in [0.15, 0.2) is 66.7 Å². The van der Waals surface area contributed by atoms with Gasteiger partial charge in [-0.2, -0.15) is 0 Å². The van der Waals surface area contributed by atoms with Crippen molar-refractivity contribution in [3.63, 3.8) is 0 Å². The summed E-state index contributed by atoms with van der Waals surface area (Å²) in [6, 6.07) is 21.9. The van der Waals surface area contributed by atoms with Crippen LogP contribution in [0.3, 0.4) is 0 Å². The Morgan fingerprint density at radius 3 is 2.42 bits per heavy atom. The highest BCUT2D eigenvalue weighted by Gasteiger charge is 2.15. The van der Waals surface area contributed by atoms with Gasteiger partial charge in [0.05, 0.1) is 18.8 Å². The van der Waals surface area contributed by atoms with E-state index >= 15 is 0 Å². The lowest BCUT2D eigenvalue weighted by atomic mass is 10.0. The number of benzene rings is 3. The average molecular weight is 517 g/mol. The molecule has 202 valence electrons. The number of anilines is 2. The third-order valence-corrected chi connectivity index (χ3v) is 6.34. The summed E-state index contributed by atoms with van der Waals surface area (Å²) >= 11 is 0. The van der Waals surface area contributed by atoms with E-state index in [9.17, 15) is 9.59 Å². The number of nitrogens with zero attached hydrogens (tertiary/aromatic N) is 1. The third kappa shape index (κ3) is 8.37. The van der Waals surface area contributed by atoms with Gasteiger partial charge in [0.25, 0.3) is 5.91 Å². The quantitative estimate of drug-likeness (QED) is 0.200. The molecule has 0 heterocycles. The first-order chi connectivity index (χ1) is 18.3. The summed E-state index contributed by atoms with van der Waals surface area (Å²) < 4.78 is 10.8. The van der Waals surface area contributed by atoms with Crippen LogP contribution in [0.4, 0.5) is 11.4 Å². The number of ether oxygens (including phenoxy) is 2. The number of nitrogens with one attached hydrogen (secondary N) is 1. The van der Waals surface area contributed by atoms with Gasteiger partial charge in [-0.25, -0.2) is 0 Å². The molecule has 6 heteroatoms. The van der Waals surface area contributed by atoms with Gasteiger partial charge >= 0.3 is 5.97 Å². The predicted octanol–water partition coefficient (Wildman–Crippen LogP) is 6.80. The molecule has 38 heavy (non-hydrogen) atoms. The maximum absolute atomic E-state index is 13.2. The summed E-state index contributed by atoms with van der Waals surface area (Å²) in [5.74, 6) is 0.643. The molecule has 0 radical (unpaired) electrons. The van der Waals surface area contributed by atoms with E-state index in [1.807, 2.05) is 31.2 Å². The number of hydrogen-bond donors (Lipinski definition) is 1. The number of carbonyl (C=O) groups is 2. The van der Waals surface area contributed by atoms with Crippen LogP contribution < -0.4 is 15.0 Å². The molecule has 0 aliphatic carbocycles. The lowest BCUT2D eigenvalue weighted by Crippen LogP contribution is -2.19.